The molecular weight excluding hydrogens is 376 g/mol. The van der Waals surface area contributed by atoms with Crippen LogP contribution in [0, 0.1) is 13.8 Å². The van der Waals surface area contributed by atoms with Gasteiger partial charge in [0.15, 0.2) is 0 Å². The number of likely N-dealkylation sites (tertiary alicyclic amines) is 1. The van der Waals surface area contributed by atoms with Gasteiger partial charge in [0.2, 0.25) is 5.91 Å². The summed E-state index contributed by atoms with van der Waals surface area (Å²) >= 11 is 0. The van der Waals surface area contributed by atoms with Gasteiger partial charge in [0.25, 0.3) is 0 Å². The van der Waals surface area contributed by atoms with Crippen LogP contribution in [0.2, 0.25) is 0 Å². The van der Waals surface area contributed by atoms with Crippen LogP contribution >= 0.6 is 0 Å². The normalized spacial score (nSPS) is 20.2. The molecule has 1 aromatic carbocycles. The number of fused-ring (bicyclic) bond motifs is 1. The SMILES string of the molecule is Cc1cc(C)c(-n2cccn2)c(C2CC(=O)Nc3c2cnn3C2CCN(C)CC2)c1. The Balaban J connectivity index is 1.61. The van der Waals surface area contributed by atoms with Crippen LogP contribution in [0.4, 0.5) is 5.82 Å². The highest BCUT2D eigenvalue weighted by Gasteiger charge is 2.34. The monoisotopic (exact) mass is 404 g/mol. The third kappa shape index (κ3) is 3.23. The highest BCUT2D eigenvalue weighted by Crippen LogP contribution is 2.42. The number of piperidine rings is 1. The lowest BCUT2D eigenvalue weighted by atomic mass is 9.84. The molecular formula is C23H28N6O. The second-order valence-electron chi connectivity index (χ2n) is 8.70. The van der Waals surface area contributed by atoms with E-state index in [2.05, 4.69) is 53.0 Å². The highest BCUT2D eigenvalue weighted by atomic mass is 16.1. The van der Waals surface area contributed by atoms with Crippen molar-refractivity contribution in [3.8, 4) is 5.69 Å². The van der Waals surface area contributed by atoms with Crippen LogP contribution in [0.5, 0.6) is 0 Å². The van der Waals surface area contributed by atoms with Crippen LogP contribution in [-0.4, -0.2) is 50.5 Å². The summed E-state index contributed by atoms with van der Waals surface area (Å²) in [6.07, 6.45) is 8.24. The lowest BCUT2D eigenvalue weighted by Gasteiger charge is -2.32. The quantitative estimate of drug-likeness (QED) is 0.726. The van der Waals surface area contributed by atoms with E-state index in [-0.39, 0.29) is 11.8 Å². The van der Waals surface area contributed by atoms with Crippen molar-refractivity contribution in [1.82, 2.24) is 24.5 Å². The first-order chi connectivity index (χ1) is 14.5. The molecule has 156 valence electrons. The predicted octanol–water partition coefficient (Wildman–Crippen LogP) is 3.43. The van der Waals surface area contributed by atoms with Gasteiger partial charge in [-0.2, -0.15) is 10.2 Å². The van der Waals surface area contributed by atoms with Crippen molar-refractivity contribution >= 4 is 11.7 Å². The molecule has 1 N–H and O–H groups in total. The Morgan fingerprint density at radius 1 is 1.10 bits per heavy atom. The Bertz CT molecular complexity index is 1080. The van der Waals surface area contributed by atoms with E-state index in [9.17, 15) is 4.79 Å². The summed E-state index contributed by atoms with van der Waals surface area (Å²) in [5, 5.41) is 12.4. The van der Waals surface area contributed by atoms with Gasteiger partial charge >= 0.3 is 0 Å². The summed E-state index contributed by atoms with van der Waals surface area (Å²) in [5.41, 5.74) is 5.64. The maximum absolute atomic E-state index is 12.8. The number of carbonyl (C=O) groups excluding carboxylic acids is 1. The van der Waals surface area contributed by atoms with E-state index in [1.54, 1.807) is 6.20 Å². The number of benzene rings is 1. The van der Waals surface area contributed by atoms with Crippen LogP contribution in [0.1, 0.15) is 53.5 Å². The Morgan fingerprint density at radius 2 is 1.90 bits per heavy atom. The molecule has 4 heterocycles. The number of carbonyl (C=O) groups is 1. The van der Waals surface area contributed by atoms with E-state index in [0.717, 1.165) is 54.1 Å². The van der Waals surface area contributed by atoms with Gasteiger partial charge in [-0.15, -0.1) is 0 Å². The lowest BCUT2D eigenvalue weighted by Crippen LogP contribution is -2.33. The highest BCUT2D eigenvalue weighted by molar-refractivity contribution is 5.94. The zero-order valence-electron chi connectivity index (χ0n) is 17.8. The third-order valence-electron chi connectivity index (χ3n) is 6.46. The van der Waals surface area contributed by atoms with Crippen molar-refractivity contribution in [1.29, 1.82) is 0 Å². The minimum absolute atomic E-state index is 0.0356. The van der Waals surface area contributed by atoms with Gasteiger partial charge in [0, 0.05) is 30.3 Å². The number of nitrogens with zero attached hydrogens (tertiary/aromatic N) is 5. The first kappa shape index (κ1) is 19.1. The average Bonchev–Trinajstić information content (AvgIpc) is 3.37. The molecule has 0 aliphatic carbocycles. The molecule has 0 radical (unpaired) electrons. The fourth-order valence-corrected chi connectivity index (χ4v) is 5.00. The van der Waals surface area contributed by atoms with Crippen LogP contribution in [0.25, 0.3) is 5.69 Å². The molecule has 1 saturated heterocycles. The van der Waals surface area contributed by atoms with Crippen LogP contribution < -0.4 is 5.32 Å². The number of aryl methyl sites for hydroxylation is 2. The van der Waals surface area contributed by atoms with Crippen molar-refractivity contribution in [3.63, 3.8) is 0 Å². The largest absolute Gasteiger partial charge is 0.311 e. The van der Waals surface area contributed by atoms with E-state index in [1.807, 2.05) is 23.1 Å². The van der Waals surface area contributed by atoms with Crippen molar-refractivity contribution in [3.05, 3.63) is 59.0 Å². The summed E-state index contributed by atoms with van der Waals surface area (Å²) in [5.74, 6) is 0.885. The predicted molar refractivity (Wildman–Crippen MR) is 116 cm³/mol. The number of hydrogen-bond donors (Lipinski definition) is 1. The second kappa shape index (κ2) is 7.40. The number of anilines is 1. The molecule has 2 aliphatic rings. The zero-order valence-corrected chi connectivity index (χ0v) is 17.8. The fourth-order valence-electron chi connectivity index (χ4n) is 5.00. The van der Waals surface area contributed by atoms with Gasteiger partial charge in [0.05, 0.1) is 17.9 Å². The maximum atomic E-state index is 12.8. The minimum atomic E-state index is -0.0356. The molecule has 7 heteroatoms. The molecule has 1 atom stereocenters. The standard InChI is InChI=1S/C23H28N6O/c1-15-11-16(2)22(28-8-4-7-24-28)19(12-15)18-13-21(30)26-23-20(18)14-25-29(23)17-5-9-27(3)10-6-17/h4,7-8,11-12,14,17-18H,5-6,9-10,13H2,1-3H3,(H,26,30). The van der Waals surface area contributed by atoms with E-state index < -0.39 is 0 Å². The van der Waals surface area contributed by atoms with E-state index in [0.29, 0.717) is 12.5 Å². The molecule has 1 unspecified atom stereocenters. The molecule has 1 amide bonds. The molecule has 2 aromatic heterocycles. The van der Waals surface area contributed by atoms with Gasteiger partial charge in [-0.3, -0.25) is 4.79 Å². The summed E-state index contributed by atoms with van der Waals surface area (Å²) in [4.78, 5) is 15.1. The maximum Gasteiger partial charge on any atom is 0.226 e. The van der Waals surface area contributed by atoms with Crippen LogP contribution in [0.15, 0.2) is 36.8 Å². The summed E-state index contributed by atoms with van der Waals surface area (Å²) in [6, 6.07) is 6.63. The molecule has 7 nitrogen and oxygen atoms in total. The van der Waals surface area contributed by atoms with E-state index in [4.69, 9.17) is 5.10 Å². The number of rotatable bonds is 3. The fraction of sp³-hybridized carbons (Fsp3) is 0.435. The number of amides is 1. The Morgan fingerprint density at radius 3 is 2.63 bits per heavy atom. The van der Waals surface area contributed by atoms with Gasteiger partial charge in [-0.05, 0) is 64.0 Å². The summed E-state index contributed by atoms with van der Waals surface area (Å²) in [6.45, 7) is 6.32. The first-order valence-electron chi connectivity index (χ1n) is 10.7. The van der Waals surface area contributed by atoms with E-state index in [1.165, 1.54) is 5.56 Å². The molecule has 30 heavy (non-hydrogen) atoms. The van der Waals surface area contributed by atoms with Crippen molar-refractivity contribution in [2.45, 2.75) is 45.1 Å². The summed E-state index contributed by atoms with van der Waals surface area (Å²) in [7, 11) is 2.16. The lowest BCUT2D eigenvalue weighted by molar-refractivity contribution is -0.116. The third-order valence-corrected chi connectivity index (χ3v) is 6.46. The smallest absolute Gasteiger partial charge is 0.226 e. The Kier molecular flexibility index (Phi) is 4.70. The molecule has 1 fully saturated rings. The Labute approximate surface area is 176 Å². The summed E-state index contributed by atoms with van der Waals surface area (Å²) < 4.78 is 3.97. The van der Waals surface area contributed by atoms with Crippen molar-refractivity contribution < 1.29 is 4.79 Å². The number of nitrogens with one attached hydrogen (secondary N) is 1. The Hall–Kier alpha value is -2.93. The minimum Gasteiger partial charge on any atom is -0.311 e. The topological polar surface area (TPSA) is 68.0 Å². The van der Waals surface area contributed by atoms with Crippen molar-refractivity contribution in [2.24, 2.45) is 0 Å². The zero-order chi connectivity index (χ0) is 20.8. The average molecular weight is 405 g/mol. The molecule has 0 bridgehead atoms. The molecule has 2 aliphatic heterocycles. The first-order valence-corrected chi connectivity index (χ1v) is 10.7. The number of hydrogen-bond acceptors (Lipinski definition) is 4. The van der Waals surface area contributed by atoms with Crippen LogP contribution in [-0.2, 0) is 4.79 Å². The van der Waals surface area contributed by atoms with Gasteiger partial charge < -0.3 is 10.2 Å². The molecule has 0 saturated carbocycles. The van der Waals surface area contributed by atoms with Gasteiger partial charge in [0.1, 0.15) is 5.82 Å². The molecule has 0 spiro atoms. The number of aromatic nitrogens is 4. The second-order valence-corrected chi connectivity index (χ2v) is 8.70. The van der Waals surface area contributed by atoms with Crippen molar-refractivity contribution in [2.75, 3.05) is 25.5 Å². The van der Waals surface area contributed by atoms with Gasteiger partial charge in [-0.25, -0.2) is 9.36 Å². The molecule has 5 rings (SSSR count). The molecule has 3 aromatic rings. The van der Waals surface area contributed by atoms with Gasteiger partial charge in [-0.1, -0.05) is 17.7 Å². The van der Waals surface area contributed by atoms with Crippen LogP contribution in [0.3, 0.4) is 0 Å². The van der Waals surface area contributed by atoms with E-state index >= 15 is 0 Å².